The highest BCUT2D eigenvalue weighted by molar-refractivity contribution is 7.22. The Bertz CT molecular complexity index is 1140. The molecule has 0 unspecified atom stereocenters. The first-order valence-electron chi connectivity index (χ1n) is 10.6. The van der Waals surface area contributed by atoms with Crippen LogP contribution in [0.15, 0.2) is 36.4 Å². The van der Waals surface area contributed by atoms with E-state index in [0.717, 1.165) is 24.2 Å². The van der Waals surface area contributed by atoms with E-state index in [1.165, 1.54) is 29.5 Å². The Kier molecular flexibility index (Phi) is 6.87. The van der Waals surface area contributed by atoms with Crippen molar-refractivity contribution in [3.05, 3.63) is 53.1 Å². The molecule has 0 aliphatic carbocycles. The third kappa shape index (κ3) is 5.82. The number of halogens is 3. The van der Waals surface area contributed by atoms with Crippen molar-refractivity contribution in [1.29, 1.82) is 0 Å². The maximum absolute atomic E-state index is 13.6. The molecule has 2 heterocycles. The first-order valence-corrected chi connectivity index (χ1v) is 11.4. The largest absolute Gasteiger partial charge is 0.573 e. The summed E-state index contributed by atoms with van der Waals surface area (Å²) in [5.74, 6) is -0.499. The highest BCUT2D eigenvalue weighted by Crippen LogP contribution is 2.34. The van der Waals surface area contributed by atoms with E-state index in [2.05, 4.69) is 14.6 Å². The molecule has 1 aliphatic heterocycles. The lowest BCUT2D eigenvalue weighted by Crippen LogP contribution is -2.43. The molecule has 0 bridgehead atoms. The lowest BCUT2D eigenvalue weighted by Gasteiger charge is -2.29. The summed E-state index contributed by atoms with van der Waals surface area (Å²) >= 11 is 1.17. The van der Waals surface area contributed by atoms with Crippen molar-refractivity contribution in [2.75, 3.05) is 44.3 Å². The second-order valence-electron chi connectivity index (χ2n) is 7.90. The maximum Gasteiger partial charge on any atom is 0.573 e. The Hall–Kier alpha value is -2.69. The molecule has 2 aromatic carbocycles. The van der Waals surface area contributed by atoms with Crippen LogP contribution in [0.4, 0.5) is 18.3 Å². The zero-order valence-corrected chi connectivity index (χ0v) is 19.1. The van der Waals surface area contributed by atoms with Crippen LogP contribution in [0, 0.1) is 13.8 Å². The second-order valence-corrected chi connectivity index (χ2v) is 8.91. The van der Waals surface area contributed by atoms with Crippen LogP contribution in [0.25, 0.3) is 10.2 Å². The molecule has 1 saturated heterocycles. The number of fused-ring (bicyclic) bond motifs is 1. The van der Waals surface area contributed by atoms with Crippen molar-refractivity contribution in [2.24, 2.45) is 0 Å². The second kappa shape index (κ2) is 9.66. The Balaban J connectivity index is 1.66. The number of nitrogens with zero attached hydrogens (tertiary/aromatic N) is 3. The molecule has 1 aromatic heterocycles. The zero-order chi connectivity index (χ0) is 23.6. The average molecular weight is 480 g/mol. The molecule has 10 heteroatoms. The summed E-state index contributed by atoms with van der Waals surface area (Å²) in [4.78, 5) is 22.0. The third-order valence-electron chi connectivity index (χ3n) is 5.43. The number of thiazole rings is 1. The predicted molar refractivity (Wildman–Crippen MR) is 121 cm³/mol. The summed E-state index contributed by atoms with van der Waals surface area (Å²) in [5, 5.41) is 0.438. The molecule has 3 aromatic rings. The van der Waals surface area contributed by atoms with Gasteiger partial charge in [0.05, 0.1) is 23.4 Å². The summed E-state index contributed by atoms with van der Waals surface area (Å²) in [6, 6.07) is 9.70. The number of carbonyl (C=O) groups is 1. The lowest BCUT2D eigenvalue weighted by molar-refractivity contribution is -0.274. The fraction of sp³-hybridized carbons (Fsp3) is 0.391. The quantitative estimate of drug-likeness (QED) is 0.509. The maximum atomic E-state index is 13.6. The average Bonchev–Trinajstić information content (AvgIpc) is 3.18. The molecule has 1 amide bonds. The van der Waals surface area contributed by atoms with Crippen molar-refractivity contribution in [3.8, 4) is 5.75 Å². The summed E-state index contributed by atoms with van der Waals surface area (Å²) in [6.45, 7) is 7.70. The summed E-state index contributed by atoms with van der Waals surface area (Å²) < 4.78 is 47.8. The van der Waals surface area contributed by atoms with Crippen molar-refractivity contribution in [2.45, 2.75) is 20.2 Å². The first-order chi connectivity index (χ1) is 15.7. The Labute approximate surface area is 193 Å². The van der Waals surface area contributed by atoms with Crippen LogP contribution in [-0.4, -0.2) is 61.5 Å². The molecule has 0 N–H and O–H groups in total. The number of aromatic nitrogens is 1. The number of rotatable bonds is 6. The van der Waals surface area contributed by atoms with Crippen LogP contribution in [0.2, 0.25) is 0 Å². The van der Waals surface area contributed by atoms with Gasteiger partial charge in [0.15, 0.2) is 5.13 Å². The van der Waals surface area contributed by atoms with E-state index in [9.17, 15) is 18.0 Å². The fourth-order valence-electron chi connectivity index (χ4n) is 3.67. The van der Waals surface area contributed by atoms with Gasteiger partial charge in [-0.15, -0.1) is 13.2 Å². The molecule has 1 aliphatic rings. The summed E-state index contributed by atoms with van der Waals surface area (Å²) in [7, 11) is 0. The molecule has 0 atom stereocenters. The van der Waals surface area contributed by atoms with Gasteiger partial charge in [-0.2, -0.15) is 0 Å². The Morgan fingerprint density at radius 3 is 2.67 bits per heavy atom. The van der Waals surface area contributed by atoms with Gasteiger partial charge in [-0.3, -0.25) is 14.6 Å². The monoisotopic (exact) mass is 479 g/mol. The molecule has 1 fully saturated rings. The van der Waals surface area contributed by atoms with Gasteiger partial charge in [0.25, 0.3) is 5.91 Å². The van der Waals surface area contributed by atoms with Gasteiger partial charge < -0.3 is 9.47 Å². The van der Waals surface area contributed by atoms with Gasteiger partial charge >= 0.3 is 6.36 Å². The molecule has 6 nitrogen and oxygen atoms in total. The van der Waals surface area contributed by atoms with E-state index < -0.39 is 6.36 Å². The summed E-state index contributed by atoms with van der Waals surface area (Å²) in [6.07, 6.45) is -4.77. The van der Waals surface area contributed by atoms with Crippen LogP contribution in [0.3, 0.4) is 0 Å². The minimum Gasteiger partial charge on any atom is -0.406 e. The minimum absolute atomic E-state index is 0.185. The van der Waals surface area contributed by atoms with Gasteiger partial charge in [0, 0.05) is 37.8 Å². The number of anilines is 1. The van der Waals surface area contributed by atoms with Crippen molar-refractivity contribution in [1.82, 2.24) is 9.88 Å². The lowest BCUT2D eigenvalue weighted by atomic mass is 10.0. The van der Waals surface area contributed by atoms with Gasteiger partial charge in [-0.25, -0.2) is 4.98 Å². The number of morpholine rings is 1. The van der Waals surface area contributed by atoms with Crippen LogP contribution in [0.5, 0.6) is 5.75 Å². The summed E-state index contributed by atoms with van der Waals surface area (Å²) in [5.41, 5.74) is 2.91. The number of alkyl halides is 3. The smallest absolute Gasteiger partial charge is 0.406 e. The molecule has 33 heavy (non-hydrogen) atoms. The molecule has 0 radical (unpaired) electrons. The topological polar surface area (TPSA) is 54.9 Å². The number of amides is 1. The minimum atomic E-state index is -4.77. The molecular formula is C23H24F3N3O3S. The van der Waals surface area contributed by atoms with Crippen LogP contribution >= 0.6 is 11.3 Å². The van der Waals surface area contributed by atoms with Crippen molar-refractivity contribution >= 4 is 32.6 Å². The van der Waals surface area contributed by atoms with Crippen LogP contribution in [-0.2, 0) is 4.74 Å². The van der Waals surface area contributed by atoms with E-state index in [-0.39, 0.29) is 11.7 Å². The molecule has 0 spiro atoms. The van der Waals surface area contributed by atoms with Gasteiger partial charge in [-0.05, 0) is 37.6 Å². The Morgan fingerprint density at radius 2 is 1.94 bits per heavy atom. The predicted octanol–water partition coefficient (Wildman–Crippen LogP) is 4.79. The third-order valence-corrected chi connectivity index (χ3v) is 6.47. The van der Waals surface area contributed by atoms with E-state index >= 15 is 0 Å². The number of hydrogen-bond acceptors (Lipinski definition) is 6. The van der Waals surface area contributed by atoms with Crippen LogP contribution in [0.1, 0.15) is 21.5 Å². The van der Waals surface area contributed by atoms with E-state index in [0.29, 0.717) is 47.2 Å². The SMILES string of the molecule is Cc1ccc(C)c(C(=O)N(CCN2CCOCC2)c2nc3ccc(OC(F)(F)F)cc3s2)c1. The zero-order valence-electron chi connectivity index (χ0n) is 18.3. The molecular weight excluding hydrogens is 455 g/mol. The van der Waals surface area contributed by atoms with Crippen molar-refractivity contribution in [3.63, 3.8) is 0 Å². The highest BCUT2D eigenvalue weighted by atomic mass is 32.1. The number of benzene rings is 2. The number of aryl methyl sites for hydroxylation is 2. The normalized spacial score (nSPS) is 15.1. The molecule has 176 valence electrons. The number of carbonyl (C=O) groups excluding carboxylic acids is 1. The first kappa shape index (κ1) is 23.5. The van der Waals surface area contributed by atoms with E-state index in [4.69, 9.17) is 4.74 Å². The number of ether oxygens (including phenoxy) is 2. The van der Waals surface area contributed by atoms with E-state index in [1.807, 2.05) is 32.0 Å². The van der Waals surface area contributed by atoms with Crippen LogP contribution < -0.4 is 9.64 Å². The highest BCUT2D eigenvalue weighted by Gasteiger charge is 2.31. The van der Waals surface area contributed by atoms with E-state index in [1.54, 1.807) is 4.90 Å². The molecule has 0 saturated carbocycles. The Morgan fingerprint density at radius 1 is 1.18 bits per heavy atom. The standard InChI is InChI=1S/C23H24F3N3O3S/c1-15-3-4-16(2)18(13-15)21(30)29(8-7-28-9-11-31-12-10-28)22-27-19-6-5-17(14-20(19)33-22)32-23(24,25)26/h3-6,13-14H,7-12H2,1-2H3. The number of hydrogen-bond donors (Lipinski definition) is 0. The van der Waals surface area contributed by atoms with Gasteiger partial charge in [0.2, 0.25) is 0 Å². The fourth-order valence-corrected chi connectivity index (χ4v) is 4.69. The van der Waals surface area contributed by atoms with Gasteiger partial charge in [-0.1, -0.05) is 29.0 Å². The molecule has 4 rings (SSSR count). The van der Waals surface area contributed by atoms with Crippen molar-refractivity contribution < 1.29 is 27.4 Å². The van der Waals surface area contributed by atoms with Gasteiger partial charge in [0.1, 0.15) is 5.75 Å².